The van der Waals surface area contributed by atoms with E-state index in [9.17, 15) is 9.59 Å². The second-order valence-corrected chi connectivity index (χ2v) is 4.71. The second kappa shape index (κ2) is 7.84. The number of nitrogens with one attached hydrogen (secondary N) is 2. The lowest BCUT2D eigenvalue weighted by Crippen LogP contribution is -2.23. The van der Waals surface area contributed by atoms with Gasteiger partial charge in [0, 0.05) is 26.6 Å². The number of hydrogen-bond acceptors (Lipinski definition) is 4. The van der Waals surface area contributed by atoms with Gasteiger partial charge in [0.2, 0.25) is 0 Å². The smallest absolute Gasteiger partial charge is 0.410 e. The first-order valence-electron chi connectivity index (χ1n) is 7.08. The molecule has 0 unspecified atom stereocenters. The molecule has 0 saturated carbocycles. The lowest BCUT2D eigenvalue weighted by Gasteiger charge is -2.12. The molecule has 0 aliphatic heterocycles. The highest BCUT2D eigenvalue weighted by molar-refractivity contribution is 5.72. The summed E-state index contributed by atoms with van der Waals surface area (Å²) in [6.45, 7) is 0. The number of rotatable bonds is 4. The molecule has 6 heteroatoms. The van der Waals surface area contributed by atoms with Crippen molar-refractivity contribution in [3.63, 3.8) is 0 Å². The molecule has 2 amide bonds. The SMILES string of the molecule is CNC(=O)Oc1ccc(Cc2ccccc2)c(OC(=O)NC)c1. The maximum atomic E-state index is 11.5. The Labute approximate surface area is 134 Å². The first-order valence-corrected chi connectivity index (χ1v) is 7.08. The van der Waals surface area contributed by atoms with Gasteiger partial charge >= 0.3 is 12.2 Å². The van der Waals surface area contributed by atoms with Crippen LogP contribution in [0.5, 0.6) is 11.5 Å². The van der Waals surface area contributed by atoms with E-state index in [4.69, 9.17) is 9.47 Å². The first kappa shape index (κ1) is 16.4. The average molecular weight is 314 g/mol. The molecule has 0 fully saturated rings. The third-order valence-corrected chi connectivity index (χ3v) is 3.10. The number of amides is 2. The normalized spacial score (nSPS) is 9.83. The number of carbonyl (C=O) groups is 2. The molecule has 120 valence electrons. The van der Waals surface area contributed by atoms with Crippen LogP contribution in [0.2, 0.25) is 0 Å². The van der Waals surface area contributed by atoms with Gasteiger partial charge in [-0.2, -0.15) is 0 Å². The van der Waals surface area contributed by atoms with Crippen molar-refractivity contribution in [2.45, 2.75) is 6.42 Å². The van der Waals surface area contributed by atoms with Crippen LogP contribution in [0.15, 0.2) is 48.5 Å². The summed E-state index contributed by atoms with van der Waals surface area (Å²) in [7, 11) is 2.94. The molecular formula is C17H18N2O4. The van der Waals surface area contributed by atoms with E-state index in [1.807, 2.05) is 30.3 Å². The van der Waals surface area contributed by atoms with Crippen LogP contribution in [0.1, 0.15) is 11.1 Å². The minimum atomic E-state index is -0.591. The largest absolute Gasteiger partial charge is 0.412 e. The predicted octanol–water partition coefficient (Wildman–Crippen LogP) is 2.71. The topological polar surface area (TPSA) is 76.7 Å². The lowest BCUT2D eigenvalue weighted by atomic mass is 10.0. The lowest BCUT2D eigenvalue weighted by molar-refractivity contribution is 0.201. The zero-order valence-corrected chi connectivity index (χ0v) is 13.0. The Bertz CT molecular complexity index is 686. The van der Waals surface area contributed by atoms with Crippen molar-refractivity contribution < 1.29 is 19.1 Å². The van der Waals surface area contributed by atoms with Crippen molar-refractivity contribution in [1.29, 1.82) is 0 Å². The maximum Gasteiger partial charge on any atom is 0.412 e. The third-order valence-electron chi connectivity index (χ3n) is 3.10. The van der Waals surface area contributed by atoms with Gasteiger partial charge in [0.1, 0.15) is 11.5 Å². The van der Waals surface area contributed by atoms with E-state index in [2.05, 4.69) is 10.6 Å². The van der Waals surface area contributed by atoms with Crippen molar-refractivity contribution in [3.05, 3.63) is 59.7 Å². The van der Waals surface area contributed by atoms with E-state index in [0.29, 0.717) is 17.9 Å². The van der Waals surface area contributed by atoms with Crippen LogP contribution in [-0.2, 0) is 6.42 Å². The van der Waals surface area contributed by atoms with Gasteiger partial charge < -0.3 is 20.1 Å². The standard InChI is InChI=1S/C17H18N2O4/c1-18-16(20)22-14-9-8-13(10-12-6-4-3-5-7-12)15(11-14)23-17(21)19-2/h3-9,11H,10H2,1-2H3,(H,18,20)(H,19,21). The summed E-state index contributed by atoms with van der Waals surface area (Å²) in [4.78, 5) is 22.8. The van der Waals surface area contributed by atoms with Crippen LogP contribution >= 0.6 is 0 Å². The summed E-state index contributed by atoms with van der Waals surface area (Å²) in [6, 6.07) is 14.7. The molecule has 6 nitrogen and oxygen atoms in total. The zero-order chi connectivity index (χ0) is 16.7. The van der Waals surface area contributed by atoms with Crippen molar-refractivity contribution in [3.8, 4) is 11.5 Å². The van der Waals surface area contributed by atoms with Gasteiger partial charge in [0.05, 0.1) is 0 Å². The molecule has 0 aliphatic rings. The van der Waals surface area contributed by atoms with Gasteiger partial charge in [0.25, 0.3) is 0 Å². The van der Waals surface area contributed by atoms with Crippen LogP contribution in [0.3, 0.4) is 0 Å². The van der Waals surface area contributed by atoms with Gasteiger partial charge in [0.15, 0.2) is 0 Å². The van der Waals surface area contributed by atoms with E-state index in [-0.39, 0.29) is 0 Å². The Morgan fingerprint density at radius 1 is 0.913 bits per heavy atom. The minimum absolute atomic E-state index is 0.292. The van der Waals surface area contributed by atoms with Gasteiger partial charge in [-0.15, -0.1) is 0 Å². The van der Waals surface area contributed by atoms with Gasteiger partial charge in [-0.3, -0.25) is 0 Å². The third kappa shape index (κ3) is 4.74. The summed E-state index contributed by atoms with van der Waals surface area (Å²) >= 11 is 0. The quantitative estimate of drug-likeness (QED) is 0.909. The van der Waals surface area contributed by atoms with Crippen molar-refractivity contribution in [2.75, 3.05) is 14.1 Å². The molecule has 0 atom stereocenters. The summed E-state index contributed by atoms with van der Waals surface area (Å²) in [5, 5.41) is 4.75. The molecule has 23 heavy (non-hydrogen) atoms. The summed E-state index contributed by atoms with van der Waals surface area (Å²) in [5.41, 5.74) is 1.89. The molecule has 0 aromatic heterocycles. The van der Waals surface area contributed by atoms with E-state index < -0.39 is 12.2 Å². The van der Waals surface area contributed by atoms with E-state index >= 15 is 0 Å². The van der Waals surface area contributed by atoms with Crippen LogP contribution < -0.4 is 20.1 Å². The fourth-order valence-corrected chi connectivity index (χ4v) is 1.96. The van der Waals surface area contributed by atoms with E-state index in [1.165, 1.54) is 20.2 Å². The Morgan fingerprint density at radius 2 is 1.57 bits per heavy atom. The molecular weight excluding hydrogens is 296 g/mol. The molecule has 2 N–H and O–H groups in total. The number of carbonyl (C=O) groups excluding carboxylic acids is 2. The van der Waals surface area contributed by atoms with Crippen LogP contribution in [0.4, 0.5) is 9.59 Å². The highest BCUT2D eigenvalue weighted by atomic mass is 16.6. The monoisotopic (exact) mass is 314 g/mol. The van der Waals surface area contributed by atoms with Gasteiger partial charge in [-0.25, -0.2) is 9.59 Å². The zero-order valence-electron chi connectivity index (χ0n) is 13.0. The van der Waals surface area contributed by atoms with Crippen molar-refractivity contribution in [1.82, 2.24) is 10.6 Å². The fourth-order valence-electron chi connectivity index (χ4n) is 1.96. The van der Waals surface area contributed by atoms with Gasteiger partial charge in [-0.1, -0.05) is 36.4 Å². The number of hydrogen-bond donors (Lipinski definition) is 2. The van der Waals surface area contributed by atoms with Crippen LogP contribution in [0, 0.1) is 0 Å². The molecule has 0 spiro atoms. The second-order valence-electron chi connectivity index (χ2n) is 4.71. The average Bonchev–Trinajstić information content (AvgIpc) is 2.57. The summed E-state index contributed by atoms with van der Waals surface area (Å²) in [5.74, 6) is 0.634. The number of benzene rings is 2. The molecule has 0 aliphatic carbocycles. The van der Waals surface area contributed by atoms with E-state index in [1.54, 1.807) is 12.1 Å². The van der Waals surface area contributed by atoms with E-state index in [0.717, 1.165) is 11.1 Å². The fraction of sp³-hybridized carbons (Fsp3) is 0.176. The van der Waals surface area contributed by atoms with Crippen molar-refractivity contribution >= 4 is 12.2 Å². The molecule has 0 radical (unpaired) electrons. The molecule has 0 heterocycles. The van der Waals surface area contributed by atoms with Gasteiger partial charge in [-0.05, 0) is 17.2 Å². The predicted molar refractivity (Wildman–Crippen MR) is 85.9 cm³/mol. The Balaban J connectivity index is 2.28. The Morgan fingerprint density at radius 3 is 2.22 bits per heavy atom. The molecule has 2 aromatic rings. The number of ether oxygens (including phenoxy) is 2. The molecule has 2 aromatic carbocycles. The first-order chi connectivity index (χ1) is 11.1. The highest BCUT2D eigenvalue weighted by Crippen LogP contribution is 2.27. The van der Waals surface area contributed by atoms with Crippen molar-refractivity contribution in [2.24, 2.45) is 0 Å². The Hall–Kier alpha value is -3.02. The summed E-state index contributed by atoms with van der Waals surface area (Å²) in [6.07, 6.45) is -0.587. The maximum absolute atomic E-state index is 11.5. The molecule has 0 saturated heterocycles. The Kier molecular flexibility index (Phi) is 5.57. The highest BCUT2D eigenvalue weighted by Gasteiger charge is 2.12. The molecule has 0 bridgehead atoms. The van der Waals surface area contributed by atoms with Crippen LogP contribution in [-0.4, -0.2) is 26.3 Å². The molecule has 2 rings (SSSR count). The van der Waals surface area contributed by atoms with Crippen LogP contribution in [0.25, 0.3) is 0 Å². The minimum Gasteiger partial charge on any atom is -0.410 e. The summed E-state index contributed by atoms with van der Waals surface area (Å²) < 4.78 is 10.3.